The number of aromatic nitrogens is 2. The quantitative estimate of drug-likeness (QED) is 0.862. The van der Waals surface area contributed by atoms with E-state index in [9.17, 15) is 9.59 Å². The van der Waals surface area contributed by atoms with Gasteiger partial charge in [0.25, 0.3) is 0 Å². The van der Waals surface area contributed by atoms with E-state index in [0.29, 0.717) is 18.8 Å². The Bertz CT molecular complexity index is 802. The molecule has 24 heavy (non-hydrogen) atoms. The Morgan fingerprint density at radius 2 is 1.96 bits per heavy atom. The van der Waals surface area contributed by atoms with Crippen LogP contribution in [0.4, 0.5) is 0 Å². The number of ketones is 2. The number of benzene rings is 1. The first-order valence-electron chi connectivity index (χ1n) is 8.87. The van der Waals surface area contributed by atoms with Gasteiger partial charge in [-0.2, -0.15) is 5.10 Å². The molecule has 1 unspecified atom stereocenters. The largest absolute Gasteiger partial charge is 0.317 e. The lowest BCUT2D eigenvalue weighted by Gasteiger charge is -2.23. The van der Waals surface area contributed by atoms with Crippen molar-refractivity contribution in [2.24, 2.45) is 0 Å². The van der Waals surface area contributed by atoms with Gasteiger partial charge in [0.1, 0.15) is 11.8 Å². The van der Waals surface area contributed by atoms with Crippen molar-refractivity contribution < 1.29 is 9.59 Å². The summed E-state index contributed by atoms with van der Waals surface area (Å²) in [5.41, 5.74) is 3.35. The van der Waals surface area contributed by atoms with Crippen LogP contribution in [0.1, 0.15) is 55.3 Å². The van der Waals surface area contributed by atoms with E-state index in [1.54, 1.807) is 0 Å². The van der Waals surface area contributed by atoms with Crippen molar-refractivity contribution >= 4 is 22.5 Å². The first-order chi connectivity index (χ1) is 11.6. The van der Waals surface area contributed by atoms with Crippen LogP contribution in [-0.4, -0.2) is 34.4 Å². The molecule has 1 aromatic carbocycles. The van der Waals surface area contributed by atoms with E-state index in [4.69, 9.17) is 0 Å². The third kappa shape index (κ3) is 2.67. The minimum absolute atomic E-state index is 0.00178. The Hall–Kier alpha value is -2.01. The van der Waals surface area contributed by atoms with Crippen molar-refractivity contribution in [3.8, 4) is 0 Å². The lowest BCUT2D eigenvalue weighted by molar-refractivity contribution is -0.132. The van der Waals surface area contributed by atoms with E-state index in [0.717, 1.165) is 29.7 Å². The average molecular weight is 325 g/mol. The second kappa shape index (κ2) is 6.13. The number of hydrogen-bond donors (Lipinski definition) is 1. The lowest BCUT2D eigenvalue weighted by Crippen LogP contribution is -2.28. The third-order valence-corrected chi connectivity index (χ3v) is 5.46. The zero-order valence-electron chi connectivity index (χ0n) is 14.0. The standard InChI is InChI=1S/C19H23N3O2/c1-12-16-10-14(13-6-8-20-9-7-13)2-4-17(16)22(21-12)18-5-3-15(23)11-19(18)24/h2,4,10,13,18,20H,3,5-9,11H2,1H3. The fourth-order valence-corrected chi connectivity index (χ4v) is 4.08. The summed E-state index contributed by atoms with van der Waals surface area (Å²) in [7, 11) is 0. The molecule has 1 N–H and O–H groups in total. The fraction of sp³-hybridized carbons (Fsp3) is 0.526. The predicted octanol–water partition coefficient (Wildman–Crippen LogP) is 2.67. The molecular weight excluding hydrogens is 302 g/mol. The minimum atomic E-state index is -0.288. The Morgan fingerprint density at radius 3 is 2.71 bits per heavy atom. The number of carbonyl (C=O) groups excluding carboxylic acids is 2. The van der Waals surface area contributed by atoms with E-state index in [1.807, 2.05) is 11.6 Å². The van der Waals surface area contributed by atoms with Crippen LogP contribution in [0.25, 0.3) is 10.9 Å². The minimum Gasteiger partial charge on any atom is -0.317 e. The molecule has 0 spiro atoms. The number of aryl methyl sites for hydroxylation is 1. The summed E-state index contributed by atoms with van der Waals surface area (Å²) in [6, 6.07) is 6.26. The van der Waals surface area contributed by atoms with Gasteiger partial charge in [0.2, 0.25) is 0 Å². The molecule has 0 bridgehead atoms. The zero-order chi connectivity index (χ0) is 16.7. The van der Waals surface area contributed by atoms with E-state index in [2.05, 4.69) is 28.6 Å². The highest BCUT2D eigenvalue weighted by Gasteiger charge is 2.30. The Labute approximate surface area is 141 Å². The Balaban J connectivity index is 1.71. The van der Waals surface area contributed by atoms with Crippen LogP contribution in [0.15, 0.2) is 18.2 Å². The van der Waals surface area contributed by atoms with E-state index < -0.39 is 0 Å². The molecule has 5 nitrogen and oxygen atoms in total. The van der Waals surface area contributed by atoms with Crippen LogP contribution in [0.3, 0.4) is 0 Å². The second-order valence-electron chi connectivity index (χ2n) is 7.07. The summed E-state index contributed by atoms with van der Waals surface area (Å²) in [6.07, 6.45) is 3.44. The summed E-state index contributed by atoms with van der Waals surface area (Å²) in [6.45, 7) is 4.15. The molecule has 0 radical (unpaired) electrons. The molecule has 1 aromatic heterocycles. The topological polar surface area (TPSA) is 64.0 Å². The van der Waals surface area contributed by atoms with Gasteiger partial charge in [-0.05, 0) is 62.9 Å². The third-order valence-electron chi connectivity index (χ3n) is 5.46. The monoisotopic (exact) mass is 325 g/mol. The normalized spacial score (nSPS) is 23.1. The van der Waals surface area contributed by atoms with Gasteiger partial charge in [-0.25, -0.2) is 0 Å². The SMILES string of the molecule is Cc1nn(C2CCC(=O)CC2=O)c2ccc(C3CCNCC3)cc12. The first-order valence-corrected chi connectivity index (χ1v) is 8.87. The Kier molecular flexibility index (Phi) is 3.96. The second-order valence-corrected chi connectivity index (χ2v) is 7.07. The molecule has 1 saturated carbocycles. The number of hydrogen-bond acceptors (Lipinski definition) is 4. The molecule has 4 rings (SSSR count). The predicted molar refractivity (Wildman–Crippen MR) is 92.2 cm³/mol. The number of rotatable bonds is 2. The average Bonchev–Trinajstić information content (AvgIpc) is 2.92. The molecule has 1 saturated heterocycles. The van der Waals surface area contributed by atoms with Crippen LogP contribution in [0.5, 0.6) is 0 Å². The van der Waals surface area contributed by atoms with Gasteiger partial charge in [-0.3, -0.25) is 14.3 Å². The molecule has 0 amide bonds. The van der Waals surface area contributed by atoms with Crippen LogP contribution >= 0.6 is 0 Å². The van der Waals surface area contributed by atoms with Gasteiger partial charge in [0.05, 0.1) is 17.6 Å². The van der Waals surface area contributed by atoms with Crippen LogP contribution < -0.4 is 5.32 Å². The van der Waals surface area contributed by atoms with Gasteiger partial charge < -0.3 is 5.32 Å². The van der Waals surface area contributed by atoms with Gasteiger partial charge in [0, 0.05) is 11.8 Å². The van der Waals surface area contributed by atoms with Gasteiger partial charge in [0.15, 0.2) is 5.78 Å². The summed E-state index contributed by atoms with van der Waals surface area (Å²) in [4.78, 5) is 23.8. The highest BCUT2D eigenvalue weighted by atomic mass is 16.2. The maximum absolute atomic E-state index is 12.3. The summed E-state index contributed by atoms with van der Waals surface area (Å²) >= 11 is 0. The van der Waals surface area contributed by atoms with Crippen molar-refractivity contribution in [1.29, 1.82) is 0 Å². The van der Waals surface area contributed by atoms with Crippen molar-refractivity contribution in [3.63, 3.8) is 0 Å². The van der Waals surface area contributed by atoms with E-state index in [1.165, 1.54) is 18.4 Å². The molecule has 2 aliphatic rings. The lowest BCUT2D eigenvalue weighted by atomic mass is 9.89. The molecule has 1 atom stereocenters. The maximum atomic E-state index is 12.3. The molecular formula is C19H23N3O2. The molecule has 2 heterocycles. The van der Waals surface area contributed by atoms with Crippen molar-refractivity contribution in [3.05, 3.63) is 29.5 Å². The van der Waals surface area contributed by atoms with E-state index >= 15 is 0 Å². The smallest absolute Gasteiger partial charge is 0.164 e. The van der Waals surface area contributed by atoms with E-state index in [-0.39, 0.29) is 24.0 Å². The molecule has 1 aliphatic carbocycles. The number of Topliss-reactive ketones (excluding diaryl/α,β-unsaturated/α-hetero) is 2. The van der Waals surface area contributed by atoms with Crippen LogP contribution in [0, 0.1) is 6.92 Å². The van der Waals surface area contributed by atoms with Crippen LogP contribution in [0.2, 0.25) is 0 Å². The van der Waals surface area contributed by atoms with Crippen molar-refractivity contribution in [2.75, 3.05) is 13.1 Å². The number of nitrogens with zero attached hydrogens (tertiary/aromatic N) is 2. The highest BCUT2D eigenvalue weighted by Crippen LogP contribution is 2.32. The van der Waals surface area contributed by atoms with Crippen molar-refractivity contribution in [1.82, 2.24) is 15.1 Å². The zero-order valence-corrected chi connectivity index (χ0v) is 14.0. The van der Waals surface area contributed by atoms with Crippen molar-refractivity contribution in [2.45, 2.75) is 51.0 Å². The molecule has 5 heteroatoms. The summed E-state index contributed by atoms with van der Waals surface area (Å²) in [5.74, 6) is 0.656. The number of piperidine rings is 1. The van der Waals surface area contributed by atoms with Gasteiger partial charge in [-0.1, -0.05) is 6.07 Å². The Morgan fingerprint density at radius 1 is 1.17 bits per heavy atom. The molecule has 126 valence electrons. The van der Waals surface area contributed by atoms with Gasteiger partial charge >= 0.3 is 0 Å². The number of nitrogens with one attached hydrogen (secondary N) is 1. The van der Waals surface area contributed by atoms with Gasteiger partial charge in [-0.15, -0.1) is 0 Å². The maximum Gasteiger partial charge on any atom is 0.164 e. The molecule has 2 fully saturated rings. The highest BCUT2D eigenvalue weighted by molar-refractivity contribution is 6.03. The fourth-order valence-electron chi connectivity index (χ4n) is 4.08. The number of carbonyl (C=O) groups is 2. The number of fused-ring (bicyclic) bond motifs is 1. The first kappa shape index (κ1) is 15.5. The van der Waals surface area contributed by atoms with Crippen LogP contribution in [-0.2, 0) is 9.59 Å². The molecule has 2 aromatic rings. The summed E-state index contributed by atoms with van der Waals surface area (Å²) < 4.78 is 1.85. The summed E-state index contributed by atoms with van der Waals surface area (Å²) in [5, 5.41) is 9.19. The molecule has 1 aliphatic heterocycles.